The predicted octanol–water partition coefficient (Wildman–Crippen LogP) is 2.28. The number of amides is 2. The Kier molecular flexibility index (Phi) is 5.01. The van der Waals surface area contributed by atoms with Crippen LogP contribution in [0.25, 0.3) is 11.0 Å². The second-order valence-corrected chi connectivity index (χ2v) is 6.90. The number of rotatable bonds is 4. The van der Waals surface area contributed by atoms with Gasteiger partial charge < -0.3 is 19.9 Å². The number of methoxy groups -OCH3 is 1. The van der Waals surface area contributed by atoms with Crippen LogP contribution in [-0.4, -0.2) is 45.7 Å². The highest BCUT2D eigenvalue weighted by atomic mass is 16.5. The number of hydrogen-bond acceptors (Lipinski definition) is 4. The Hall–Kier alpha value is -3.29. The zero-order valence-electron chi connectivity index (χ0n) is 15.7. The molecule has 3 aromatic rings. The number of hydrogen-bond donors (Lipinski definition) is 2. The summed E-state index contributed by atoms with van der Waals surface area (Å²) in [6, 6.07) is 11.3. The molecule has 2 amide bonds. The van der Waals surface area contributed by atoms with Gasteiger partial charge in [0, 0.05) is 37.9 Å². The lowest BCUT2D eigenvalue weighted by molar-refractivity contribution is 0.171. The van der Waals surface area contributed by atoms with Gasteiger partial charge in [-0.1, -0.05) is 12.1 Å². The predicted molar refractivity (Wildman–Crippen MR) is 105 cm³/mol. The van der Waals surface area contributed by atoms with E-state index < -0.39 is 0 Å². The number of ether oxygens (including phenoxy) is 1. The Morgan fingerprint density at radius 3 is 2.86 bits per heavy atom. The SMILES string of the molecule is COc1cc(CNC(=O)N2CCC(n3c(=O)[nH]c4ccccc43)CC2)ccn1. The van der Waals surface area contributed by atoms with E-state index in [0.29, 0.717) is 25.5 Å². The standard InChI is InChI=1S/C20H23N5O3/c1-28-18-12-14(6-9-21-18)13-22-19(26)24-10-7-15(8-11-24)25-17-5-3-2-4-16(17)23-20(25)27/h2-6,9,12,15H,7-8,10-11,13H2,1H3,(H,22,26)(H,23,27). The number of nitrogens with one attached hydrogen (secondary N) is 2. The van der Waals surface area contributed by atoms with E-state index in [9.17, 15) is 9.59 Å². The second-order valence-electron chi connectivity index (χ2n) is 6.90. The molecule has 0 unspecified atom stereocenters. The molecular weight excluding hydrogens is 358 g/mol. The molecule has 146 valence electrons. The van der Waals surface area contributed by atoms with Crippen molar-refractivity contribution in [1.29, 1.82) is 0 Å². The molecule has 0 spiro atoms. The first-order valence-corrected chi connectivity index (χ1v) is 9.36. The molecule has 0 aliphatic carbocycles. The number of imidazole rings is 1. The lowest BCUT2D eigenvalue weighted by atomic mass is 10.0. The van der Waals surface area contributed by atoms with E-state index in [1.165, 1.54) is 0 Å². The summed E-state index contributed by atoms with van der Waals surface area (Å²) in [5.74, 6) is 0.525. The zero-order valence-corrected chi connectivity index (χ0v) is 15.7. The average Bonchev–Trinajstić information content (AvgIpc) is 3.08. The summed E-state index contributed by atoms with van der Waals surface area (Å²) in [6.07, 6.45) is 3.15. The van der Waals surface area contributed by atoms with Crippen LogP contribution in [0.4, 0.5) is 4.79 Å². The number of para-hydroxylation sites is 2. The lowest BCUT2D eigenvalue weighted by Crippen LogP contribution is -2.45. The van der Waals surface area contributed by atoms with Gasteiger partial charge in [-0.2, -0.15) is 0 Å². The first kappa shape index (κ1) is 18.1. The number of nitrogens with zero attached hydrogens (tertiary/aromatic N) is 3. The third kappa shape index (κ3) is 3.58. The van der Waals surface area contributed by atoms with E-state index in [-0.39, 0.29) is 17.8 Å². The number of aromatic nitrogens is 3. The number of fused-ring (bicyclic) bond motifs is 1. The van der Waals surface area contributed by atoms with Crippen molar-refractivity contribution >= 4 is 17.1 Å². The molecular formula is C20H23N5O3. The van der Waals surface area contributed by atoms with Crippen LogP contribution in [0.5, 0.6) is 5.88 Å². The van der Waals surface area contributed by atoms with E-state index in [1.54, 1.807) is 24.3 Å². The van der Waals surface area contributed by atoms with Gasteiger partial charge in [0.1, 0.15) is 0 Å². The molecule has 1 fully saturated rings. The molecule has 8 heteroatoms. The van der Waals surface area contributed by atoms with Crippen molar-refractivity contribution in [1.82, 2.24) is 24.8 Å². The van der Waals surface area contributed by atoms with Gasteiger partial charge in [-0.25, -0.2) is 14.6 Å². The van der Waals surface area contributed by atoms with E-state index in [2.05, 4.69) is 15.3 Å². The number of benzene rings is 1. The third-order valence-corrected chi connectivity index (χ3v) is 5.19. The van der Waals surface area contributed by atoms with Crippen LogP contribution >= 0.6 is 0 Å². The number of H-pyrrole nitrogens is 1. The maximum Gasteiger partial charge on any atom is 0.326 e. The third-order valence-electron chi connectivity index (χ3n) is 5.19. The van der Waals surface area contributed by atoms with Gasteiger partial charge in [0.2, 0.25) is 5.88 Å². The summed E-state index contributed by atoms with van der Waals surface area (Å²) in [5.41, 5.74) is 2.61. The minimum absolute atomic E-state index is 0.0873. The normalized spacial score (nSPS) is 15.0. The second kappa shape index (κ2) is 7.75. The van der Waals surface area contributed by atoms with Gasteiger partial charge in [0.25, 0.3) is 0 Å². The number of likely N-dealkylation sites (tertiary alicyclic amines) is 1. The van der Waals surface area contributed by atoms with Gasteiger partial charge >= 0.3 is 11.7 Å². The first-order chi connectivity index (χ1) is 13.7. The Morgan fingerprint density at radius 1 is 1.29 bits per heavy atom. The number of piperidine rings is 1. The molecule has 28 heavy (non-hydrogen) atoms. The van der Waals surface area contributed by atoms with E-state index in [4.69, 9.17) is 4.74 Å². The van der Waals surface area contributed by atoms with Gasteiger partial charge in [0.05, 0.1) is 18.1 Å². The fraction of sp³-hybridized carbons (Fsp3) is 0.350. The molecule has 3 heterocycles. The van der Waals surface area contributed by atoms with Crippen LogP contribution in [0, 0.1) is 0 Å². The molecule has 4 rings (SSSR count). The highest BCUT2D eigenvalue weighted by Crippen LogP contribution is 2.24. The fourth-order valence-electron chi connectivity index (χ4n) is 3.73. The van der Waals surface area contributed by atoms with Gasteiger partial charge in [0.15, 0.2) is 0 Å². The summed E-state index contributed by atoms with van der Waals surface area (Å²) < 4.78 is 6.93. The average molecular weight is 381 g/mol. The van der Waals surface area contributed by atoms with E-state index in [1.807, 2.05) is 34.9 Å². The van der Waals surface area contributed by atoms with Crippen molar-refractivity contribution in [3.63, 3.8) is 0 Å². The summed E-state index contributed by atoms with van der Waals surface area (Å²) in [6.45, 7) is 1.64. The Morgan fingerprint density at radius 2 is 2.07 bits per heavy atom. The van der Waals surface area contributed by atoms with Crippen LogP contribution in [-0.2, 0) is 6.54 Å². The smallest absolute Gasteiger partial charge is 0.326 e. The molecule has 0 atom stereocenters. The van der Waals surface area contributed by atoms with Crippen LogP contribution in [0.3, 0.4) is 0 Å². The number of pyridine rings is 1. The molecule has 1 saturated heterocycles. The molecule has 1 aliphatic heterocycles. The Bertz CT molecular complexity index is 1030. The van der Waals surface area contributed by atoms with Crippen molar-refractivity contribution in [2.24, 2.45) is 0 Å². The molecule has 2 aromatic heterocycles. The fourth-order valence-corrected chi connectivity index (χ4v) is 3.73. The first-order valence-electron chi connectivity index (χ1n) is 9.36. The van der Waals surface area contributed by atoms with Crippen molar-refractivity contribution in [3.8, 4) is 5.88 Å². The maximum atomic E-state index is 12.5. The summed E-state index contributed by atoms with van der Waals surface area (Å²) in [7, 11) is 1.56. The molecule has 0 saturated carbocycles. The highest BCUT2D eigenvalue weighted by molar-refractivity contribution is 5.75. The summed E-state index contributed by atoms with van der Waals surface area (Å²) in [4.78, 5) is 33.6. The van der Waals surface area contributed by atoms with Crippen LogP contribution in [0.1, 0.15) is 24.4 Å². The van der Waals surface area contributed by atoms with Crippen LogP contribution < -0.4 is 15.7 Å². The summed E-state index contributed by atoms with van der Waals surface area (Å²) >= 11 is 0. The summed E-state index contributed by atoms with van der Waals surface area (Å²) in [5, 5.41) is 2.94. The molecule has 1 aliphatic rings. The monoisotopic (exact) mass is 381 g/mol. The van der Waals surface area contributed by atoms with Crippen molar-refractivity contribution in [3.05, 3.63) is 58.6 Å². The van der Waals surface area contributed by atoms with Crippen molar-refractivity contribution in [2.45, 2.75) is 25.4 Å². The quantitative estimate of drug-likeness (QED) is 0.725. The van der Waals surface area contributed by atoms with Crippen molar-refractivity contribution < 1.29 is 9.53 Å². The zero-order chi connectivity index (χ0) is 19.5. The number of aromatic amines is 1. The molecule has 1 aromatic carbocycles. The minimum atomic E-state index is -0.0968. The minimum Gasteiger partial charge on any atom is -0.481 e. The Balaban J connectivity index is 1.36. The van der Waals surface area contributed by atoms with Gasteiger partial charge in [-0.05, 0) is 36.6 Å². The molecule has 8 nitrogen and oxygen atoms in total. The molecule has 0 bridgehead atoms. The van der Waals surface area contributed by atoms with Crippen LogP contribution in [0.15, 0.2) is 47.4 Å². The molecule has 0 radical (unpaired) electrons. The van der Waals surface area contributed by atoms with Crippen LogP contribution in [0.2, 0.25) is 0 Å². The lowest BCUT2D eigenvalue weighted by Gasteiger charge is -2.32. The van der Waals surface area contributed by atoms with Crippen molar-refractivity contribution in [2.75, 3.05) is 20.2 Å². The highest BCUT2D eigenvalue weighted by Gasteiger charge is 2.25. The van der Waals surface area contributed by atoms with E-state index in [0.717, 1.165) is 29.4 Å². The van der Waals surface area contributed by atoms with E-state index >= 15 is 0 Å². The van der Waals surface area contributed by atoms with Gasteiger partial charge in [-0.15, -0.1) is 0 Å². The number of carbonyl (C=O) groups excluding carboxylic acids is 1. The number of urea groups is 1. The Labute approximate surface area is 162 Å². The maximum absolute atomic E-state index is 12.5. The topological polar surface area (TPSA) is 92.2 Å². The number of carbonyl (C=O) groups is 1. The molecule has 2 N–H and O–H groups in total. The van der Waals surface area contributed by atoms with Gasteiger partial charge in [-0.3, -0.25) is 4.57 Å². The largest absolute Gasteiger partial charge is 0.481 e.